The second-order valence-corrected chi connectivity index (χ2v) is 10.4. The van der Waals surface area contributed by atoms with Crippen molar-refractivity contribution >= 4 is 27.3 Å². The average Bonchev–Trinajstić information content (AvgIpc) is 3.37. The number of rotatable bonds is 8. The van der Waals surface area contributed by atoms with E-state index in [-0.39, 0.29) is 22.6 Å². The largest absolute Gasteiger partial charge is 0.456 e. The Labute approximate surface area is 205 Å². The summed E-state index contributed by atoms with van der Waals surface area (Å²) in [4.78, 5) is 32.3. The van der Waals surface area contributed by atoms with Gasteiger partial charge in [0.1, 0.15) is 12.3 Å². The van der Waals surface area contributed by atoms with Gasteiger partial charge in [0, 0.05) is 37.9 Å². The molecule has 4 rings (SSSR count). The van der Waals surface area contributed by atoms with Crippen molar-refractivity contribution in [3.8, 4) is 0 Å². The Kier molecular flexibility index (Phi) is 7.23. The highest BCUT2D eigenvalue weighted by molar-refractivity contribution is 7.89. The molecular weight excluding hydrogens is 468 g/mol. The number of anilines is 1. The average molecular weight is 499 g/mol. The van der Waals surface area contributed by atoms with E-state index in [0.717, 1.165) is 31.6 Å². The van der Waals surface area contributed by atoms with Gasteiger partial charge >= 0.3 is 5.97 Å². The summed E-state index contributed by atoms with van der Waals surface area (Å²) in [5, 5.41) is 0. The second kappa shape index (κ2) is 10.2. The van der Waals surface area contributed by atoms with E-state index in [2.05, 4.69) is 9.88 Å². The minimum absolute atomic E-state index is 0.0497. The van der Waals surface area contributed by atoms with Crippen LogP contribution in [0.3, 0.4) is 0 Å². The number of fused-ring (bicyclic) bond motifs is 1. The van der Waals surface area contributed by atoms with Gasteiger partial charge in [-0.2, -0.15) is 4.31 Å². The molecule has 35 heavy (non-hydrogen) atoms. The van der Waals surface area contributed by atoms with E-state index < -0.39 is 16.0 Å². The molecule has 1 fully saturated rings. The van der Waals surface area contributed by atoms with E-state index in [1.807, 2.05) is 13.0 Å². The molecule has 0 spiro atoms. The van der Waals surface area contributed by atoms with Gasteiger partial charge in [-0.05, 0) is 50.1 Å². The first kappa shape index (κ1) is 24.9. The molecule has 0 N–H and O–H groups in total. The lowest BCUT2D eigenvalue weighted by Gasteiger charge is -2.23. The topological polar surface area (TPSA) is 101 Å². The standard InChI is InChI=1S/C25H30N4O5S/c1-4-28(5-2)35(32,33)20-11-12-22(27-13-6-7-14-27)21(16-20)25(31)34-17-19-15-24(30)29-18(3)9-8-10-23(29)26-19/h8-12,15-16H,4-7,13-14,17H2,1-3H3. The van der Waals surface area contributed by atoms with Crippen LogP contribution < -0.4 is 10.5 Å². The molecule has 0 unspecified atom stereocenters. The zero-order chi connectivity index (χ0) is 25.2. The monoisotopic (exact) mass is 498 g/mol. The predicted molar refractivity (Wildman–Crippen MR) is 133 cm³/mol. The van der Waals surface area contributed by atoms with Crippen molar-refractivity contribution < 1.29 is 17.9 Å². The molecule has 9 nitrogen and oxygen atoms in total. The molecule has 3 aromatic rings. The third kappa shape index (κ3) is 4.94. The predicted octanol–water partition coefficient (Wildman–Crippen LogP) is 2.99. The Morgan fingerprint density at radius 3 is 2.49 bits per heavy atom. The van der Waals surface area contributed by atoms with Crippen molar-refractivity contribution in [1.29, 1.82) is 0 Å². The second-order valence-electron chi connectivity index (χ2n) is 8.49. The number of sulfonamides is 1. The number of hydrogen-bond acceptors (Lipinski definition) is 7. The molecule has 3 heterocycles. The Morgan fingerprint density at radius 1 is 1.09 bits per heavy atom. The number of aromatic nitrogens is 2. The first-order valence-electron chi connectivity index (χ1n) is 11.8. The molecule has 1 aliphatic heterocycles. The molecule has 186 valence electrons. The third-order valence-corrected chi connectivity index (χ3v) is 8.31. The first-order chi connectivity index (χ1) is 16.8. The van der Waals surface area contributed by atoms with Crippen molar-refractivity contribution in [1.82, 2.24) is 13.7 Å². The molecule has 1 aromatic carbocycles. The van der Waals surface area contributed by atoms with Gasteiger partial charge in [-0.25, -0.2) is 18.2 Å². The Morgan fingerprint density at radius 2 is 1.80 bits per heavy atom. The summed E-state index contributed by atoms with van der Waals surface area (Å²) in [6.45, 7) is 7.38. The molecule has 1 saturated heterocycles. The molecule has 0 radical (unpaired) electrons. The highest BCUT2D eigenvalue weighted by atomic mass is 32.2. The van der Waals surface area contributed by atoms with Gasteiger partial charge in [0.25, 0.3) is 5.56 Å². The number of aryl methyl sites for hydroxylation is 1. The summed E-state index contributed by atoms with van der Waals surface area (Å²) >= 11 is 0. The summed E-state index contributed by atoms with van der Waals surface area (Å²) in [7, 11) is -3.75. The highest BCUT2D eigenvalue weighted by Crippen LogP contribution is 2.29. The molecule has 0 atom stereocenters. The summed E-state index contributed by atoms with van der Waals surface area (Å²) in [5.74, 6) is -0.658. The van der Waals surface area contributed by atoms with Crippen LogP contribution >= 0.6 is 0 Å². The van der Waals surface area contributed by atoms with Crippen molar-refractivity contribution in [2.45, 2.75) is 45.1 Å². The lowest BCUT2D eigenvalue weighted by atomic mass is 10.1. The zero-order valence-electron chi connectivity index (χ0n) is 20.2. The van der Waals surface area contributed by atoms with Gasteiger partial charge in [0.2, 0.25) is 10.0 Å². The molecule has 1 aliphatic rings. The molecule has 0 saturated carbocycles. The van der Waals surface area contributed by atoms with Gasteiger partial charge in [-0.15, -0.1) is 0 Å². The molecule has 10 heteroatoms. The van der Waals surface area contributed by atoms with E-state index >= 15 is 0 Å². The van der Waals surface area contributed by atoms with Crippen molar-refractivity contribution in [3.63, 3.8) is 0 Å². The Hall–Kier alpha value is -3.24. The van der Waals surface area contributed by atoms with Gasteiger partial charge in [0.05, 0.1) is 21.8 Å². The van der Waals surface area contributed by atoms with Crippen LogP contribution in [0.2, 0.25) is 0 Å². The van der Waals surface area contributed by atoms with Crippen LogP contribution in [0.5, 0.6) is 0 Å². The van der Waals surface area contributed by atoms with Crippen LogP contribution in [0.1, 0.15) is 48.4 Å². The third-order valence-electron chi connectivity index (χ3n) is 6.26. The number of nitrogens with zero attached hydrogens (tertiary/aromatic N) is 4. The highest BCUT2D eigenvalue weighted by Gasteiger charge is 2.27. The van der Waals surface area contributed by atoms with Crippen LogP contribution in [-0.2, 0) is 21.4 Å². The normalized spacial score (nSPS) is 14.1. The fourth-order valence-electron chi connectivity index (χ4n) is 4.44. The van der Waals surface area contributed by atoms with Crippen molar-refractivity contribution in [2.75, 3.05) is 31.1 Å². The number of carbonyl (C=O) groups is 1. The Bertz CT molecular complexity index is 1410. The minimum atomic E-state index is -3.75. The first-order valence-corrected chi connectivity index (χ1v) is 13.2. The molecular formula is C25H30N4O5S. The fraction of sp³-hybridized carbons (Fsp3) is 0.400. The maximum Gasteiger partial charge on any atom is 0.340 e. The summed E-state index contributed by atoms with van der Waals surface area (Å²) in [6.07, 6.45) is 2.00. The zero-order valence-corrected chi connectivity index (χ0v) is 21.0. The number of benzene rings is 1. The molecule has 0 bridgehead atoms. The van der Waals surface area contributed by atoms with Gasteiger partial charge < -0.3 is 9.64 Å². The maximum atomic E-state index is 13.2. The van der Waals surface area contributed by atoms with E-state index in [1.165, 1.54) is 20.8 Å². The molecule has 0 amide bonds. The number of esters is 1. The van der Waals surface area contributed by atoms with E-state index in [9.17, 15) is 18.0 Å². The minimum Gasteiger partial charge on any atom is -0.456 e. The Balaban J connectivity index is 1.66. The number of hydrogen-bond donors (Lipinski definition) is 0. The van der Waals surface area contributed by atoms with E-state index in [4.69, 9.17) is 4.74 Å². The van der Waals surface area contributed by atoms with Crippen LogP contribution in [-0.4, -0.2) is 54.3 Å². The van der Waals surface area contributed by atoms with Gasteiger partial charge in [-0.1, -0.05) is 19.9 Å². The lowest BCUT2D eigenvalue weighted by Crippen LogP contribution is -2.31. The number of carbonyl (C=O) groups excluding carboxylic acids is 1. The fourth-order valence-corrected chi connectivity index (χ4v) is 5.93. The quantitative estimate of drug-likeness (QED) is 0.440. The smallest absolute Gasteiger partial charge is 0.340 e. The summed E-state index contributed by atoms with van der Waals surface area (Å²) in [6, 6.07) is 11.3. The number of ether oxygens (including phenoxy) is 1. The summed E-state index contributed by atoms with van der Waals surface area (Å²) < 4.78 is 34.5. The number of pyridine rings is 1. The molecule has 0 aliphatic carbocycles. The van der Waals surface area contributed by atoms with Crippen molar-refractivity contribution in [2.24, 2.45) is 0 Å². The lowest BCUT2D eigenvalue weighted by molar-refractivity contribution is 0.0468. The maximum absolute atomic E-state index is 13.2. The molecule has 2 aromatic heterocycles. The van der Waals surface area contributed by atoms with Crippen LogP contribution in [0.25, 0.3) is 5.65 Å². The SMILES string of the molecule is CCN(CC)S(=O)(=O)c1ccc(N2CCCC2)c(C(=O)OCc2cc(=O)n3c(C)cccc3n2)c1. The van der Waals surface area contributed by atoms with Gasteiger partial charge in [0.15, 0.2) is 0 Å². The summed E-state index contributed by atoms with van der Waals surface area (Å²) in [5.41, 5.74) is 2.12. The van der Waals surface area contributed by atoms with Gasteiger partial charge in [-0.3, -0.25) is 9.20 Å². The van der Waals surface area contributed by atoms with Crippen molar-refractivity contribution in [3.05, 3.63) is 69.8 Å². The van der Waals surface area contributed by atoms with Crippen LogP contribution in [0.15, 0.2) is 52.2 Å². The van der Waals surface area contributed by atoms with Crippen LogP contribution in [0, 0.1) is 6.92 Å². The van der Waals surface area contributed by atoms with E-state index in [0.29, 0.717) is 30.1 Å². The van der Waals surface area contributed by atoms with E-state index in [1.54, 1.807) is 38.1 Å². The van der Waals surface area contributed by atoms with Crippen LogP contribution in [0.4, 0.5) is 5.69 Å².